The number of carbonyl (C=O) groups excluding carboxylic acids is 1. The lowest BCUT2D eigenvalue weighted by atomic mass is 10.0. The Bertz CT molecular complexity index is 916. The molecule has 0 fully saturated rings. The quantitative estimate of drug-likeness (QED) is 0.741. The summed E-state index contributed by atoms with van der Waals surface area (Å²) in [7, 11) is 0. The predicted molar refractivity (Wildman–Crippen MR) is 89.0 cm³/mol. The molecule has 25 heavy (non-hydrogen) atoms. The second-order valence-electron chi connectivity index (χ2n) is 5.32. The number of aromatic carboxylic acids is 1. The molecule has 2 N–H and O–H groups in total. The molecule has 0 saturated carbocycles. The van der Waals surface area contributed by atoms with E-state index in [2.05, 4.69) is 15.3 Å². The number of amides is 1. The number of nitrogens with zero attached hydrogens (tertiary/aromatic N) is 2. The van der Waals surface area contributed by atoms with Gasteiger partial charge in [0.2, 0.25) is 0 Å². The van der Waals surface area contributed by atoms with Crippen molar-refractivity contribution in [3.63, 3.8) is 0 Å². The number of carbonyl (C=O) groups is 2. The van der Waals surface area contributed by atoms with Crippen LogP contribution < -0.4 is 5.32 Å². The molecule has 0 saturated heterocycles. The van der Waals surface area contributed by atoms with Crippen molar-refractivity contribution in [2.24, 2.45) is 0 Å². The van der Waals surface area contributed by atoms with Crippen LogP contribution in [0.15, 0.2) is 53.3 Å². The molecule has 3 aromatic rings. The predicted octanol–water partition coefficient (Wildman–Crippen LogP) is 2.67. The van der Waals surface area contributed by atoms with Gasteiger partial charge in [-0.05, 0) is 17.7 Å². The van der Waals surface area contributed by atoms with Crippen LogP contribution in [0.1, 0.15) is 32.4 Å². The number of nitrogens with one attached hydrogen (secondary N) is 1. The molecule has 126 valence electrons. The van der Waals surface area contributed by atoms with E-state index in [1.807, 2.05) is 0 Å². The van der Waals surface area contributed by atoms with Crippen LogP contribution in [0.3, 0.4) is 0 Å². The number of pyridine rings is 1. The van der Waals surface area contributed by atoms with Crippen LogP contribution in [0, 0.1) is 6.92 Å². The zero-order chi connectivity index (χ0) is 17.8. The largest absolute Gasteiger partial charge is 0.478 e. The smallest absolute Gasteiger partial charge is 0.336 e. The molecule has 1 aromatic carbocycles. The first-order chi connectivity index (χ1) is 12.0. The van der Waals surface area contributed by atoms with Crippen LogP contribution in [0.5, 0.6) is 0 Å². The lowest BCUT2D eigenvalue weighted by Crippen LogP contribution is -2.23. The van der Waals surface area contributed by atoms with Crippen molar-refractivity contribution in [1.82, 2.24) is 15.3 Å². The molecule has 0 unspecified atom stereocenters. The number of carboxylic acids is 1. The number of carboxylic acid groups (broad SMARTS) is 1. The summed E-state index contributed by atoms with van der Waals surface area (Å²) in [5.74, 6) is -0.918. The summed E-state index contributed by atoms with van der Waals surface area (Å²) in [6, 6.07) is 10.2. The van der Waals surface area contributed by atoms with Crippen molar-refractivity contribution >= 4 is 11.9 Å². The fourth-order valence-corrected chi connectivity index (χ4v) is 2.34. The van der Waals surface area contributed by atoms with Crippen molar-refractivity contribution in [3.05, 3.63) is 71.7 Å². The Morgan fingerprint density at radius 2 is 2.00 bits per heavy atom. The third kappa shape index (κ3) is 3.72. The SMILES string of the molecule is Cc1nc(C(=O)NCc2ccc(-c3ccccc3C(=O)O)cn2)co1. The van der Waals surface area contributed by atoms with Gasteiger partial charge in [0, 0.05) is 18.7 Å². The van der Waals surface area contributed by atoms with Gasteiger partial charge in [-0.1, -0.05) is 24.3 Å². The zero-order valence-electron chi connectivity index (χ0n) is 13.4. The number of hydrogen-bond acceptors (Lipinski definition) is 5. The molecular weight excluding hydrogens is 322 g/mol. The van der Waals surface area contributed by atoms with Gasteiger partial charge in [-0.15, -0.1) is 0 Å². The number of aromatic nitrogens is 2. The minimum Gasteiger partial charge on any atom is -0.478 e. The molecule has 0 aliphatic carbocycles. The van der Waals surface area contributed by atoms with E-state index < -0.39 is 5.97 Å². The molecule has 7 heteroatoms. The van der Waals surface area contributed by atoms with E-state index in [0.29, 0.717) is 22.7 Å². The first-order valence-electron chi connectivity index (χ1n) is 7.52. The second-order valence-corrected chi connectivity index (χ2v) is 5.32. The summed E-state index contributed by atoms with van der Waals surface area (Å²) in [6.45, 7) is 1.89. The van der Waals surface area contributed by atoms with Gasteiger partial charge in [-0.3, -0.25) is 9.78 Å². The Balaban J connectivity index is 1.71. The third-order valence-corrected chi connectivity index (χ3v) is 3.57. The van der Waals surface area contributed by atoms with E-state index >= 15 is 0 Å². The molecule has 7 nitrogen and oxygen atoms in total. The highest BCUT2D eigenvalue weighted by Crippen LogP contribution is 2.23. The highest BCUT2D eigenvalue weighted by molar-refractivity contribution is 5.95. The van der Waals surface area contributed by atoms with Crippen LogP contribution in [0.25, 0.3) is 11.1 Å². The highest BCUT2D eigenvalue weighted by atomic mass is 16.4. The number of rotatable bonds is 5. The maximum atomic E-state index is 11.9. The van der Waals surface area contributed by atoms with Gasteiger partial charge in [-0.2, -0.15) is 0 Å². The van der Waals surface area contributed by atoms with Gasteiger partial charge in [0.15, 0.2) is 11.6 Å². The molecule has 2 aromatic heterocycles. The molecule has 0 bridgehead atoms. The fraction of sp³-hybridized carbons (Fsp3) is 0.111. The van der Waals surface area contributed by atoms with E-state index in [-0.39, 0.29) is 23.7 Å². The number of benzene rings is 1. The summed E-state index contributed by atoms with van der Waals surface area (Å²) in [5, 5.41) is 12.0. The molecule has 0 aliphatic heterocycles. The summed E-state index contributed by atoms with van der Waals surface area (Å²) >= 11 is 0. The van der Waals surface area contributed by atoms with Gasteiger partial charge in [-0.25, -0.2) is 9.78 Å². The standard InChI is InChI=1S/C18H15N3O4/c1-11-21-16(10-25-11)17(22)20-9-13-7-6-12(8-19-13)14-4-2-3-5-15(14)18(23)24/h2-8,10H,9H2,1H3,(H,20,22)(H,23,24). The molecule has 0 atom stereocenters. The molecule has 3 rings (SSSR count). The number of oxazole rings is 1. The van der Waals surface area contributed by atoms with Gasteiger partial charge >= 0.3 is 5.97 Å². The second kappa shape index (κ2) is 6.96. The van der Waals surface area contributed by atoms with Crippen molar-refractivity contribution in [2.45, 2.75) is 13.5 Å². The van der Waals surface area contributed by atoms with Crippen molar-refractivity contribution in [2.75, 3.05) is 0 Å². The summed E-state index contributed by atoms with van der Waals surface area (Å²) in [4.78, 5) is 31.4. The molecule has 2 heterocycles. The monoisotopic (exact) mass is 337 g/mol. The average Bonchev–Trinajstić information content (AvgIpc) is 3.06. The topological polar surface area (TPSA) is 105 Å². The van der Waals surface area contributed by atoms with Crippen molar-refractivity contribution < 1.29 is 19.1 Å². The zero-order valence-corrected chi connectivity index (χ0v) is 13.4. The van der Waals surface area contributed by atoms with E-state index in [9.17, 15) is 14.7 Å². The van der Waals surface area contributed by atoms with Gasteiger partial charge in [0.1, 0.15) is 6.26 Å². The van der Waals surface area contributed by atoms with Gasteiger partial charge in [0.05, 0.1) is 17.8 Å². The molecule has 0 radical (unpaired) electrons. The lowest BCUT2D eigenvalue weighted by Gasteiger charge is -2.07. The molecule has 0 aliphatic rings. The van der Waals surface area contributed by atoms with Crippen molar-refractivity contribution in [1.29, 1.82) is 0 Å². The Hall–Kier alpha value is -3.48. The Kier molecular flexibility index (Phi) is 4.56. The highest BCUT2D eigenvalue weighted by Gasteiger charge is 2.12. The third-order valence-electron chi connectivity index (χ3n) is 3.57. The Morgan fingerprint density at radius 3 is 2.64 bits per heavy atom. The van der Waals surface area contributed by atoms with Crippen LogP contribution >= 0.6 is 0 Å². The molecule has 1 amide bonds. The fourth-order valence-electron chi connectivity index (χ4n) is 2.34. The van der Waals surface area contributed by atoms with Crippen LogP contribution in [-0.2, 0) is 6.54 Å². The maximum absolute atomic E-state index is 11.9. The normalized spacial score (nSPS) is 10.4. The minimum absolute atomic E-state index is 0.213. The number of hydrogen-bond donors (Lipinski definition) is 2. The maximum Gasteiger partial charge on any atom is 0.336 e. The van der Waals surface area contributed by atoms with E-state index in [1.165, 1.54) is 6.26 Å². The summed E-state index contributed by atoms with van der Waals surface area (Å²) in [6.07, 6.45) is 2.88. The Labute approximate surface area is 143 Å². The summed E-state index contributed by atoms with van der Waals surface area (Å²) in [5.41, 5.74) is 2.36. The van der Waals surface area contributed by atoms with Crippen LogP contribution in [0.4, 0.5) is 0 Å². The minimum atomic E-state index is -0.991. The van der Waals surface area contributed by atoms with Crippen LogP contribution in [-0.4, -0.2) is 27.0 Å². The Morgan fingerprint density at radius 1 is 1.20 bits per heavy atom. The van der Waals surface area contributed by atoms with Gasteiger partial charge < -0.3 is 14.8 Å². The van der Waals surface area contributed by atoms with E-state index in [4.69, 9.17) is 4.42 Å². The average molecular weight is 337 g/mol. The lowest BCUT2D eigenvalue weighted by molar-refractivity contribution is 0.0697. The van der Waals surface area contributed by atoms with Gasteiger partial charge in [0.25, 0.3) is 5.91 Å². The number of aryl methyl sites for hydroxylation is 1. The van der Waals surface area contributed by atoms with E-state index in [0.717, 1.165) is 0 Å². The molecular formula is C18H15N3O4. The van der Waals surface area contributed by atoms with E-state index in [1.54, 1.807) is 49.5 Å². The first-order valence-corrected chi connectivity index (χ1v) is 7.52. The molecule has 0 spiro atoms. The van der Waals surface area contributed by atoms with Crippen LogP contribution in [0.2, 0.25) is 0 Å². The first kappa shape index (κ1) is 16.4. The van der Waals surface area contributed by atoms with Crippen molar-refractivity contribution in [3.8, 4) is 11.1 Å². The summed E-state index contributed by atoms with van der Waals surface area (Å²) < 4.78 is 5.00.